The van der Waals surface area contributed by atoms with Crippen molar-refractivity contribution in [1.82, 2.24) is 4.98 Å². The molecule has 0 spiro atoms. The van der Waals surface area contributed by atoms with E-state index in [1.54, 1.807) is 6.20 Å². The number of fused-ring (bicyclic) bond motifs is 1. The van der Waals surface area contributed by atoms with Crippen LogP contribution >= 0.6 is 0 Å². The highest BCUT2D eigenvalue weighted by Gasteiger charge is 2.57. The Labute approximate surface area is 215 Å². The van der Waals surface area contributed by atoms with Crippen LogP contribution < -0.4 is 0 Å². The van der Waals surface area contributed by atoms with Crippen LogP contribution in [0.15, 0.2) is 41.7 Å². The monoisotopic (exact) mass is 512 g/mol. The van der Waals surface area contributed by atoms with Gasteiger partial charge < -0.3 is 14.3 Å². The van der Waals surface area contributed by atoms with Crippen molar-refractivity contribution in [3.05, 3.63) is 42.2 Å². The Balaban J connectivity index is 1.57. The number of carbonyl (C=O) groups is 3. The van der Waals surface area contributed by atoms with Gasteiger partial charge in [0.05, 0.1) is 24.5 Å². The van der Waals surface area contributed by atoms with Gasteiger partial charge in [-0.1, -0.05) is 64.0 Å². The molecule has 0 radical (unpaired) electrons. The summed E-state index contributed by atoms with van der Waals surface area (Å²) in [6, 6.07) is 9.62. The quantitative estimate of drug-likeness (QED) is 0.462. The molecule has 1 aromatic carbocycles. The molecule has 0 aliphatic carbocycles. The summed E-state index contributed by atoms with van der Waals surface area (Å²) in [6.07, 6.45) is 1.33. The van der Waals surface area contributed by atoms with Crippen LogP contribution in [0.25, 0.3) is 10.8 Å². The summed E-state index contributed by atoms with van der Waals surface area (Å²) in [5, 5.41) is 6.13. The van der Waals surface area contributed by atoms with Crippen molar-refractivity contribution >= 4 is 34.2 Å². The fourth-order valence-corrected chi connectivity index (χ4v) is 4.94. The number of ketones is 1. The minimum atomic E-state index is -2.13. The average molecular weight is 513 g/mol. The summed E-state index contributed by atoms with van der Waals surface area (Å²) >= 11 is 0. The van der Waals surface area contributed by atoms with Crippen LogP contribution in [0, 0.1) is 17.3 Å². The lowest BCUT2D eigenvalue weighted by Crippen LogP contribution is -2.49. The molecule has 0 saturated carbocycles. The molecule has 0 amide bonds. The van der Waals surface area contributed by atoms with Crippen molar-refractivity contribution in [2.75, 3.05) is 6.67 Å². The summed E-state index contributed by atoms with van der Waals surface area (Å²) in [6.45, 7) is 7.95. The number of carbonyl (C=O) groups excluding carboxylic acids is 3. The van der Waals surface area contributed by atoms with Gasteiger partial charge in [-0.2, -0.15) is 0 Å². The van der Waals surface area contributed by atoms with Gasteiger partial charge in [0.1, 0.15) is 5.71 Å². The first-order valence-corrected chi connectivity index (χ1v) is 12.5. The third kappa shape index (κ3) is 5.22. The summed E-state index contributed by atoms with van der Waals surface area (Å²) in [4.78, 5) is 48.9. The number of ether oxygens (including phenoxy) is 2. The van der Waals surface area contributed by atoms with Crippen molar-refractivity contribution in [3.8, 4) is 0 Å². The van der Waals surface area contributed by atoms with Crippen LogP contribution in [0.2, 0.25) is 0 Å². The SMILES string of the molecule is CC(C)[C@@]1(C(=O)C[C@H]2CC(=O)O[C@@]2(CF)OC(=O)CC(C)(C)C)CC(c2nccc3ccccc23)=NO1. The molecule has 2 aliphatic heterocycles. The number of rotatable bonds is 8. The molecular weight excluding hydrogens is 479 g/mol. The Bertz CT molecular complexity index is 1250. The lowest BCUT2D eigenvalue weighted by atomic mass is 9.77. The van der Waals surface area contributed by atoms with Crippen molar-refractivity contribution in [1.29, 1.82) is 0 Å². The molecule has 1 saturated heterocycles. The fraction of sp³-hybridized carbons (Fsp3) is 0.536. The number of nitrogens with zero attached hydrogens (tertiary/aromatic N) is 2. The van der Waals surface area contributed by atoms with E-state index in [-0.39, 0.29) is 37.4 Å². The molecule has 9 heteroatoms. The minimum absolute atomic E-state index is 0.00123. The predicted octanol–water partition coefficient (Wildman–Crippen LogP) is 4.92. The zero-order valence-electron chi connectivity index (χ0n) is 21.9. The van der Waals surface area contributed by atoms with Crippen molar-refractivity contribution in [2.45, 2.75) is 71.7 Å². The molecule has 0 unspecified atom stereocenters. The van der Waals surface area contributed by atoms with E-state index in [1.807, 2.05) is 65.0 Å². The number of pyridine rings is 1. The maximum Gasteiger partial charge on any atom is 0.309 e. The third-order valence-corrected chi connectivity index (χ3v) is 7.00. The molecule has 37 heavy (non-hydrogen) atoms. The molecule has 0 N–H and O–H groups in total. The van der Waals surface area contributed by atoms with E-state index in [9.17, 15) is 18.8 Å². The molecule has 3 atom stereocenters. The van der Waals surface area contributed by atoms with Gasteiger partial charge in [0, 0.05) is 30.3 Å². The molecule has 8 nitrogen and oxygen atoms in total. The summed E-state index contributed by atoms with van der Waals surface area (Å²) in [7, 11) is 0. The topological polar surface area (TPSA) is 104 Å². The van der Waals surface area contributed by atoms with E-state index in [1.165, 1.54) is 0 Å². The van der Waals surface area contributed by atoms with Crippen molar-refractivity contribution < 1.29 is 33.1 Å². The normalized spacial score (nSPS) is 25.6. The number of Topliss-reactive ketones (excluding diaryl/α,β-unsaturated/α-hetero) is 1. The molecule has 4 rings (SSSR count). The second-order valence-corrected chi connectivity index (χ2v) is 11.4. The summed E-state index contributed by atoms with van der Waals surface area (Å²) < 4.78 is 25.0. The maximum absolute atomic E-state index is 14.4. The zero-order chi connectivity index (χ0) is 27.0. The molecule has 0 bridgehead atoms. The van der Waals surface area contributed by atoms with Crippen molar-refractivity contribution in [3.63, 3.8) is 0 Å². The molecule has 2 aliphatic rings. The van der Waals surface area contributed by atoms with Gasteiger partial charge in [-0.15, -0.1) is 0 Å². The van der Waals surface area contributed by atoms with Crippen LogP contribution in [0.1, 0.15) is 66.0 Å². The highest BCUT2D eigenvalue weighted by atomic mass is 19.1. The van der Waals surface area contributed by atoms with Crippen LogP contribution in [-0.2, 0) is 28.7 Å². The zero-order valence-corrected chi connectivity index (χ0v) is 21.9. The lowest BCUT2D eigenvalue weighted by Gasteiger charge is -2.34. The predicted molar refractivity (Wildman–Crippen MR) is 134 cm³/mol. The standard InChI is InChI=1S/C28H33FN2O6/c1-17(2)27(14-21(31-37-27)25-20-9-7-6-8-18(20)10-11-30-25)22(32)12-19-13-23(33)35-28(19,16-29)36-24(34)15-26(3,4)5/h6-11,17,19H,12-16H2,1-5H3/t19-,27+,28-/m0/s1. The summed E-state index contributed by atoms with van der Waals surface area (Å²) in [5.41, 5.74) is -0.587. The Kier molecular flexibility index (Phi) is 7.10. The first-order chi connectivity index (χ1) is 17.4. The molecule has 3 heterocycles. The Morgan fingerprint density at radius 1 is 1.22 bits per heavy atom. The molecule has 2 aromatic rings. The van der Waals surface area contributed by atoms with Gasteiger partial charge >= 0.3 is 11.9 Å². The first kappa shape index (κ1) is 26.7. The number of alkyl halides is 1. The van der Waals surface area contributed by atoms with Crippen LogP contribution in [0.5, 0.6) is 0 Å². The van der Waals surface area contributed by atoms with Crippen molar-refractivity contribution in [2.24, 2.45) is 22.4 Å². The largest absolute Gasteiger partial charge is 0.419 e. The van der Waals surface area contributed by atoms with E-state index in [0.717, 1.165) is 10.8 Å². The highest BCUT2D eigenvalue weighted by molar-refractivity contribution is 6.12. The molecule has 1 aromatic heterocycles. The number of benzene rings is 1. The molecule has 198 valence electrons. The second kappa shape index (κ2) is 9.84. The van der Waals surface area contributed by atoms with Gasteiger partial charge in [-0.05, 0) is 16.9 Å². The van der Waals surface area contributed by atoms with Gasteiger partial charge in [0.15, 0.2) is 12.5 Å². The van der Waals surface area contributed by atoms with E-state index >= 15 is 0 Å². The van der Waals surface area contributed by atoms with Gasteiger partial charge in [-0.3, -0.25) is 19.4 Å². The molecular formula is C28H33FN2O6. The number of halogens is 1. The highest BCUT2D eigenvalue weighted by Crippen LogP contribution is 2.43. The smallest absolute Gasteiger partial charge is 0.309 e. The molecule has 1 fully saturated rings. The summed E-state index contributed by atoms with van der Waals surface area (Å²) in [5.74, 6) is -5.19. The number of hydrogen-bond donors (Lipinski definition) is 0. The number of oxime groups is 1. The number of esters is 2. The van der Waals surface area contributed by atoms with Crippen LogP contribution in [0.4, 0.5) is 4.39 Å². The number of cyclic esters (lactones) is 1. The van der Waals surface area contributed by atoms with E-state index in [0.29, 0.717) is 11.4 Å². The van der Waals surface area contributed by atoms with Gasteiger partial charge in [0.25, 0.3) is 5.79 Å². The minimum Gasteiger partial charge on any atom is -0.419 e. The fourth-order valence-electron chi connectivity index (χ4n) is 4.94. The van der Waals surface area contributed by atoms with Gasteiger partial charge in [-0.25, -0.2) is 4.39 Å². The van der Waals surface area contributed by atoms with Crippen LogP contribution in [-0.4, -0.2) is 46.5 Å². The first-order valence-electron chi connectivity index (χ1n) is 12.5. The van der Waals surface area contributed by atoms with Crippen LogP contribution in [0.3, 0.4) is 0 Å². The average Bonchev–Trinajstić information content (AvgIpc) is 3.40. The van der Waals surface area contributed by atoms with E-state index in [4.69, 9.17) is 14.3 Å². The Morgan fingerprint density at radius 3 is 2.62 bits per heavy atom. The van der Waals surface area contributed by atoms with Gasteiger partial charge in [0.2, 0.25) is 5.60 Å². The van der Waals surface area contributed by atoms with E-state index < -0.39 is 41.3 Å². The second-order valence-electron chi connectivity index (χ2n) is 11.4. The Morgan fingerprint density at radius 2 is 1.95 bits per heavy atom. The number of hydrogen-bond acceptors (Lipinski definition) is 8. The Hall–Kier alpha value is -3.36. The number of aromatic nitrogens is 1. The third-order valence-electron chi connectivity index (χ3n) is 7.00. The van der Waals surface area contributed by atoms with E-state index in [2.05, 4.69) is 10.1 Å². The maximum atomic E-state index is 14.4. The lowest BCUT2D eigenvalue weighted by molar-refractivity contribution is -0.233.